The van der Waals surface area contributed by atoms with E-state index in [1.54, 1.807) is 14.2 Å². The Morgan fingerprint density at radius 2 is 1.89 bits per heavy atom. The first kappa shape index (κ1) is 14.2. The summed E-state index contributed by atoms with van der Waals surface area (Å²) < 4.78 is 10.7. The summed E-state index contributed by atoms with van der Waals surface area (Å²) in [6, 6.07) is 6.52. The maximum Gasteiger partial charge on any atom is 0.161 e. The summed E-state index contributed by atoms with van der Waals surface area (Å²) in [4.78, 5) is 2.35. The fourth-order valence-corrected chi connectivity index (χ4v) is 2.90. The quantitative estimate of drug-likeness (QED) is 0.909. The Morgan fingerprint density at radius 1 is 1.16 bits per heavy atom. The van der Waals surface area contributed by atoms with E-state index < -0.39 is 0 Å². The molecule has 0 aromatic heterocycles. The molecule has 1 aliphatic rings. The monoisotopic (exact) mass is 264 g/mol. The van der Waals surface area contributed by atoms with Crippen LogP contribution in [0.3, 0.4) is 0 Å². The number of hydrogen-bond donors (Lipinski definition) is 1. The molecule has 106 valence electrons. The molecule has 4 nitrogen and oxygen atoms in total. The highest BCUT2D eigenvalue weighted by Gasteiger charge is 2.27. The lowest BCUT2D eigenvalue weighted by Gasteiger charge is -2.31. The molecule has 1 aliphatic heterocycles. The van der Waals surface area contributed by atoms with Crippen LogP contribution in [-0.4, -0.2) is 38.8 Å². The number of ether oxygens (including phenoxy) is 2. The third kappa shape index (κ3) is 3.01. The number of hydrogen-bond acceptors (Lipinski definition) is 4. The zero-order chi connectivity index (χ0) is 13.8. The third-order valence-corrected chi connectivity index (χ3v) is 3.93. The lowest BCUT2D eigenvalue weighted by Crippen LogP contribution is -2.37. The molecule has 1 heterocycles. The Morgan fingerprint density at radius 3 is 2.58 bits per heavy atom. The van der Waals surface area contributed by atoms with Gasteiger partial charge in [-0.05, 0) is 44.1 Å². The van der Waals surface area contributed by atoms with Crippen molar-refractivity contribution in [3.63, 3.8) is 0 Å². The summed E-state index contributed by atoms with van der Waals surface area (Å²) in [5.41, 5.74) is 7.55. The van der Waals surface area contributed by atoms with Crippen LogP contribution in [0.4, 0.5) is 0 Å². The topological polar surface area (TPSA) is 47.7 Å². The van der Waals surface area contributed by atoms with Gasteiger partial charge in [0.2, 0.25) is 0 Å². The minimum Gasteiger partial charge on any atom is -0.493 e. The van der Waals surface area contributed by atoms with E-state index in [1.807, 2.05) is 12.1 Å². The molecule has 1 aromatic rings. The highest BCUT2D eigenvalue weighted by molar-refractivity contribution is 5.44. The van der Waals surface area contributed by atoms with Crippen molar-refractivity contribution in [1.82, 2.24) is 4.90 Å². The average Bonchev–Trinajstić information content (AvgIpc) is 2.59. The second-order valence-electron chi connectivity index (χ2n) is 5.20. The Balaban J connectivity index is 2.33. The van der Waals surface area contributed by atoms with Gasteiger partial charge >= 0.3 is 0 Å². The Kier molecular flexibility index (Phi) is 4.66. The molecule has 4 heteroatoms. The Bertz CT molecular complexity index is 411. The molecular formula is C15H24N2O2. The van der Waals surface area contributed by atoms with Crippen molar-refractivity contribution in [2.75, 3.05) is 27.8 Å². The van der Waals surface area contributed by atoms with Gasteiger partial charge in [-0.1, -0.05) is 12.5 Å². The van der Waals surface area contributed by atoms with Gasteiger partial charge in [-0.2, -0.15) is 0 Å². The zero-order valence-corrected chi connectivity index (χ0v) is 12.1. The molecule has 2 atom stereocenters. The number of benzene rings is 1. The summed E-state index contributed by atoms with van der Waals surface area (Å²) in [6.45, 7) is 1.09. The van der Waals surface area contributed by atoms with Crippen molar-refractivity contribution in [2.24, 2.45) is 5.73 Å². The van der Waals surface area contributed by atoms with Crippen LogP contribution in [0.2, 0.25) is 0 Å². The van der Waals surface area contributed by atoms with Crippen LogP contribution in [0.25, 0.3) is 0 Å². The maximum absolute atomic E-state index is 6.35. The molecule has 0 saturated carbocycles. The van der Waals surface area contributed by atoms with E-state index in [4.69, 9.17) is 15.2 Å². The number of methoxy groups -OCH3 is 2. The van der Waals surface area contributed by atoms with Crippen LogP contribution in [0.15, 0.2) is 18.2 Å². The number of likely N-dealkylation sites (tertiary alicyclic amines) is 1. The van der Waals surface area contributed by atoms with Crippen LogP contribution < -0.4 is 15.2 Å². The zero-order valence-electron chi connectivity index (χ0n) is 12.1. The lowest BCUT2D eigenvalue weighted by atomic mass is 9.96. The fraction of sp³-hybridized carbons (Fsp3) is 0.600. The van der Waals surface area contributed by atoms with Crippen LogP contribution in [-0.2, 0) is 0 Å². The molecule has 1 fully saturated rings. The van der Waals surface area contributed by atoms with Crippen LogP contribution in [0.5, 0.6) is 11.5 Å². The molecule has 0 amide bonds. The van der Waals surface area contributed by atoms with Gasteiger partial charge in [0.15, 0.2) is 11.5 Å². The van der Waals surface area contributed by atoms with E-state index in [0.717, 1.165) is 24.5 Å². The van der Waals surface area contributed by atoms with Crippen LogP contribution in [0, 0.1) is 0 Å². The van der Waals surface area contributed by atoms with Crippen molar-refractivity contribution in [3.05, 3.63) is 23.8 Å². The predicted octanol–water partition coefficient (Wildman–Crippen LogP) is 2.19. The second-order valence-corrected chi connectivity index (χ2v) is 5.20. The molecular weight excluding hydrogens is 240 g/mol. The highest BCUT2D eigenvalue weighted by atomic mass is 16.5. The minimum atomic E-state index is 0.172. The molecule has 0 radical (unpaired) electrons. The van der Waals surface area contributed by atoms with Crippen molar-refractivity contribution in [2.45, 2.75) is 31.3 Å². The first-order valence-corrected chi connectivity index (χ1v) is 6.85. The average molecular weight is 264 g/mol. The van der Waals surface area contributed by atoms with E-state index in [-0.39, 0.29) is 12.1 Å². The van der Waals surface area contributed by atoms with Gasteiger partial charge in [-0.25, -0.2) is 0 Å². The van der Waals surface area contributed by atoms with E-state index in [2.05, 4.69) is 18.0 Å². The molecule has 1 aromatic carbocycles. The maximum atomic E-state index is 6.35. The molecule has 1 saturated heterocycles. The fourth-order valence-electron chi connectivity index (χ4n) is 2.90. The standard InChI is InChI=1S/C15H24N2O2/c1-17-9-5-4-6-12(16)15(17)11-7-8-13(18-2)14(10-11)19-3/h7-8,10,12,15H,4-6,9,16H2,1-3H3. The summed E-state index contributed by atoms with van der Waals surface area (Å²) >= 11 is 0. The first-order chi connectivity index (χ1) is 9.17. The van der Waals surface area contributed by atoms with Gasteiger partial charge in [0.05, 0.1) is 14.2 Å². The number of nitrogens with zero attached hydrogens (tertiary/aromatic N) is 1. The van der Waals surface area contributed by atoms with Crippen molar-refractivity contribution < 1.29 is 9.47 Å². The number of likely N-dealkylation sites (N-methyl/N-ethyl adjacent to an activating group) is 1. The summed E-state index contributed by atoms with van der Waals surface area (Å²) in [6.07, 6.45) is 3.49. The van der Waals surface area contributed by atoms with Gasteiger partial charge in [0, 0.05) is 12.1 Å². The molecule has 2 N–H and O–H groups in total. The molecule has 19 heavy (non-hydrogen) atoms. The normalized spacial score (nSPS) is 24.8. The van der Waals surface area contributed by atoms with Gasteiger partial charge in [-0.15, -0.1) is 0 Å². The van der Waals surface area contributed by atoms with Crippen LogP contribution in [0.1, 0.15) is 30.9 Å². The van der Waals surface area contributed by atoms with Crippen molar-refractivity contribution >= 4 is 0 Å². The Hall–Kier alpha value is -1.26. The van der Waals surface area contributed by atoms with Gasteiger partial charge in [-0.3, -0.25) is 4.90 Å². The summed E-state index contributed by atoms with van der Waals surface area (Å²) in [5.74, 6) is 1.53. The molecule has 0 aliphatic carbocycles. The largest absolute Gasteiger partial charge is 0.493 e. The van der Waals surface area contributed by atoms with Gasteiger partial charge in [0.25, 0.3) is 0 Å². The molecule has 2 rings (SSSR count). The second kappa shape index (κ2) is 6.26. The van der Waals surface area contributed by atoms with Crippen molar-refractivity contribution in [1.29, 1.82) is 0 Å². The smallest absolute Gasteiger partial charge is 0.161 e. The Labute approximate surface area is 115 Å². The number of nitrogens with two attached hydrogens (primary N) is 1. The molecule has 0 spiro atoms. The van der Waals surface area contributed by atoms with Gasteiger partial charge in [0.1, 0.15) is 0 Å². The minimum absolute atomic E-state index is 0.172. The lowest BCUT2D eigenvalue weighted by molar-refractivity contribution is 0.229. The molecule has 2 unspecified atom stereocenters. The van der Waals surface area contributed by atoms with Gasteiger partial charge < -0.3 is 15.2 Å². The summed E-state index contributed by atoms with van der Waals surface area (Å²) in [5, 5.41) is 0. The number of rotatable bonds is 3. The van der Waals surface area contributed by atoms with Crippen LogP contribution >= 0.6 is 0 Å². The SMILES string of the molecule is COc1ccc(C2C(N)CCCCN2C)cc1OC. The first-order valence-electron chi connectivity index (χ1n) is 6.85. The highest BCUT2D eigenvalue weighted by Crippen LogP contribution is 2.34. The third-order valence-electron chi connectivity index (χ3n) is 3.93. The van der Waals surface area contributed by atoms with E-state index in [1.165, 1.54) is 18.4 Å². The van der Waals surface area contributed by atoms with E-state index >= 15 is 0 Å². The van der Waals surface area contributed by atoms with E-state index in [0.29, 0.717) is 0 Å². The predicted molar refractivity (Wildman–Crippen MR) is 76.7 cm³/mol. The van der Waals surface area contributed by atoms with Crippen molar-refractivity contribution in [3.8, 4) is 11.5 Å². The molecule has 0 bridgehead atoms. The summed E-state index contributed by atoms with van der Waals surface area (Å²) in [7, 11) is 5.46. The van der Waals surface area contributed by atoms with E-state index in [9.17, 15) is 0 Å².